The number of nitrogens with zero attached hydrogens (tertiary/aromatic N) is 2. The quantitative estimate of drug-likeness (QED) is 0.176. The van der Waals surface area contributed by atoms with Gasteiger partial charge in [0.2, 0.25) is 0 Å². The van der Waals surface area contributed by atoms with Crippen LogP contribution in [0.15, 0.2) is 114 Å². The number of thioether (sulfide) groups is 1. The van der Waals surface area contributed by atoms with Crippen molar-refractivity contribution in [2.75, 3.05) is 23.5 Å². The predicted octanol–water partition coefficient (Wildman–Crippen LogP) is 6.84. The van der Waals surface area contributed by atoms with Gasteiger partial charge >= 0.3 is 0 Å². The van der Waals surface area contributed by atoms with Gasteiger partial charge in [0.15, 0.2) is 22.4 Å². The van der Waals surface area contributed by atoms with Gasteiger partial charge in [-0.15, -0.1) is 0 Å². The molecule has 8 heteroatoms. The Hall–Kier alpha value is -4.40. The summed E-state index contributed by atoms with van der Waals surface area (Å²) in [5, 5.41) is 0. The minimum absolute atomic E-state index is 0.178. The van der Waals surface area contributed by atoms with Crippen LogP contribution in [-0.2, 0) is 9.59 Å². The highest BCUT2D eigenvalue weighted by Gasteiger charge is 2.33. The van der Waals surface area contributed by atoms with E-state index in [9.17, 15) is 9.59 Å². The fraction of sp³-hybridized carbons (Fsp3) is 0.0645. The number of amides is 2. The fourth-order valence-electron chi connectivity index (χ4n) is 4.11. The van der Waals surface area contributed by atoms with Crippen LogP contribution in [0.4, 0.5) is 17.1 Å². The second kappa shape index (κ2) is 12.0. The zero-order valence-electron chi connectivity index (χ0n) is 21.0. The van der Waals surface area contributed by atoms with Crippen molar-refractivity contribution < 1.29 is 19.1 Å². The number of methoxy groups -OCH3 is 1. The Morgan fingerprint density at radius 2 is 1.46 bits per heavy atom. The summed E-state index contributed by atoms with van der Waals surface area (Å²) in [4.78, 5) is 30.0. The molecule has 4 aromatic rings. The first-order valence-electron chi connectivity index (χ1n) is 12.1. The molecule has 1 aliphatic rings. The molecule has 0 spiro atoms. The van der Waals surface area contributed by atoms with E-state index in [2.05, 4.69) is 0 Å². The first-order chi connectivity index (χ1) is 19.0. The molecule has 194 valence electrons. The molecule has 0 N–H and O–H groups in total. The summed E-state index contributed by atoms with van der Waals surface area (Å²) in [6.45, 7) is -0.199. The van der Waals surface area contributed by atoms with E-state index < -0.39 is 0 Å². The first kappa shape index (κ1) is 26.2. The number of hydrogen-bond acceptors (Lipinski definition) is 6. The number of para-hydroxylation sites is 3. The Morgan fingerprint density at radius 1 is 0.872 bits per heavy atom. The zero-order chi connectivity index (χ0) is 27.2. The number of benzene rings is 4. The minimum atomic E-state index is -0.233. The van der Waals surface area contributed by atoms with Crippen LogP contribution >= 0.6 is 24.0 Å². The lowest BCUT2D eigenvalue weighted by Crippen LogP contribution is -2.30. The van der Waals surface area contributed by atoms with E-state index in [-0.39, 0.29) is 18.4 Å². The SMILES string of the molecule is COc1cc(/C=C2/SC(=S)N(c3ccccc3)C2=O)ccc1OCC(=O)N(c1ccccc1)c1ccccc1. The van der Waals surface area contributed by atoms with Gasteiger partial charge in [-0.25, -0.2) is 0 Å². The Labute approximate surface area is 236 Å². The maximum Gasteiger partial charge on any atom is 0.270 e. The van der Waals surface area contributed by atoms with Crippen molar-refractivity contribution in [1.29, 1.82) is 0 Å². The van der Waals surface area contributed by atoms with Crippen molar-refractivity contribution >= 4 is 63.3 Å². The molecule has 39 heavy (non-hydrogen) atoms. The molecule has 5 rings (SSSR count). The number of anilines is 3. The molecule has 0 aromatic heterocycles. The van der Waals surface area contributed by atoms with Gasteiger partial charge in [-0.3, -0.25) is 19.4 Å². The summed E-state index contributed by atoms with van der Waals surface area (Å²) in [6, 6.07) is 33.5. The van der Waals surface area contributed by atoms with Crippen molar-refractivity contribution in [2.45, 2.75) is 0 Å². The highest BCUT2D eigenvalue weighted by atomic mass is 32.2. The number of carbonyl (C=O) groups is 2. The molecule has 6 nitrogen and oxygen atoms in total. The Kier molecular flexibility index (Phi) is 8.05. The van der Waals surface area contributed by atoms with Crippen LogP contribution in [0, 0.1) is 0 Å². The van der Waals surface area contributed by atoms with E-state index in [1.54, 1.807) is 23.1 Å². The van der Waals surface area contributed by atoms with E-state index in [0.29, 0.717) is 20.7 Å². The summed E-state index contributed by atoms with van der Waals surface area (Å²) in [6.07, 6.45) is 1.77. The summed E-state index contributed by atoms with van der Waals surface area (Å²) < 4.78 is 11.9. The smallest absolute Gasteiger partial charge is 0.270 e. The van der Waals surface area contributed by atoms with Gasteiger partial charge in [-0.05, 0) is 60.2 Å². The maximum absolute atomic E-state index is 13.3. The Bertz CT molecular complexity index is 1490. The van der Waals surface area contributed by atoms with E-state index >= 15 is 0 Å². The van der Waals surface area contributed by atoms with Gasteiger partial charge < -0.3 is 9.47 Å². The normalized spacial score (nSPS) is 14.0. The molecular weight excluding hydrogens is 528 g/mol. The van der Waals surface area contributed by atoms with E-state index in [1.165, 1.54) is 23.8 Å². The number of carbonyl (C=O) groups excluding carboxylic acids is 2. The molecule has 1 fully saturated rings. The average molecular weight is 553 g/mol. The molecule has 0 aliphatic carbocycles. The third-order valence-corrected chi connectivity index (χ3v) is 7.23. The van der Waals surface area contributed by atoms with Crippen LogP contribution in [-0.4, -0.2) is 29.9 Å². The zero-order valence-corrected chi connectivity index (χ0v) is 22.7. The van der Waals surface area contributed by atoms with E-state index in [0.717, 1.165) is 22.6 Å². The van der Waals surface area contributed by atoms with Crippen LogP contribution in [0.3, 0.4) is 0 Å². The van der Waals surface area contributed by atoms with Gasteiger partial charge in [-0.1, -0.05) is 84.6 Å². The lowest BCUT2D eigenvalue weighted by Gasteiger charge is -2.23. The minimum Gasteiger partial charge on any atom is -0.493 e. The van der Waals surface area contributed by atoms with Crippen molar-refractivity contribution in [3.8, 4) is 11.5 Å². The summed E-state index contributed by atoms with van der Waals surface area (Å²) in [7, 11) is 1.53. The summed E-state index contributed by atoms with van der Waals surface area (Å²) in [5.41, 5.74) is 2.96. The van der Waals surface area contributed by atoms with Crippen molar-refractivity contribution in [3.05, 3.63) is 120 Å². The molecule has 2 amide bonds. The van der Waals surface area contributed by atoms with Crippen LogP contribution in [0.2, 0.25) is 0 Å². The Balaban J connectivity index is 1.33. The van der Waals surface area contributed by atoms with Gasteiger partial charge in [0.1, 0.15) is 0 Å². The highest BCUT2D eigenvalue weighted by molar-refractivity contribution is 8.27. The van der Waals surface area contributed by atoms with E-state index in [1.807, 2.05) is 97.1 Å². The molecule has 1 saturated heterocycles. The van der Waals surface area contributed by atoms with Gasteiger partial charge in [0.25, 0.3) is 11.8 Å². The molecule has 1 aliphatic heterocycles. The average Bonchev–Trinajstić information content (AvgIpc) is 3.25. The third kappa shape index (κ3) is 5.87. The van der Waals surface area contributed by atoms with Crippen molar-refractivity contribution in [2.24, 2.45) is 0 Å². The topological polar surface area (TPSA) is 59.1 Å². The van der Waals surface area contributed by atoms with Gasteiger partial charge in [-0.2, -0.15) is 0 Å². The Morgan fingerprint density at radius 3 is 2.05 bits per heavy atom. The molecular formula is C31H24N2O4S2. The van der Waals surface area contributed by atoms with E-state index in [4.69, 9.17) is 21.7 Å². The van der Waals surface area contributed by atoms with Crippen molar-refractivity contribution in [3.63, 3.8) is 0 Å². The van der Waals surface area contributed by atoms with Crippen LogP contribution < -0.4 is 19.3 Å². The lowest BCUT2D eigenvalue weighted by molar-refractivity contribution is -0.119. The van der Waals surface area contributed by atoms with Crippen molar-refractivity contribution in [1.82, 2.24) is 0 Å². The summed E-state index contributed by atoms with van der Waals surface area (Å²) in [5.74, 6) is 0.452. The fourth-order valence-corrected chi connectivity index (χ4v) is 5.41. The third-order valence-electron chi connectivity index (χ3n) is 5.92. The van der Waals surface area contributed by atoms with Gasteiger partial charge in [0.05, 0.1) is 17.7 Å². The molecule has 0 unspecified atom stereocenters. The van der Waals surface area contributed by atoms with Crippen LogP contribution in [0.5, 0.6) is 11.5 Å². The largest absolute Gasteiger partial charge is 0.493 e. The molecule has 0 bridgehead atoms. The molecule has 1 heterocycles. The molecule has 4 aromatic carbocycles. The number of hydrogen-bond donors (Lipinski definition) is 0. The summed E-state index contributed by atoms with van der Waals surface area (Å²) >= 11 is 6.71. The van der Waals surface area contributed by atoms with Gasteiger partial charge in [0, 0.05) is 11.4 Å². The second-order valence-electron chi connectivity index (χ2n) is 8.45. The highest BCUT2D eigenvalue weighted by Crippen LogP contribution is 2.37. The molecule has 0 radical (unpaired) electrons. The number of rotatable bonds is 8. The molecule has 0 saturated carbocycles. The standard InChI is InChI=1S/C31H24N2O4S2/c1-36-27-19-22(20-28-30(35)33(31(38)39-28)25-15-9-4-10-16-25)17-18-26(27)37-21-29(34)32(23-11-5-2-6-12-23)24-13-7-3-8-14-24/h2-20H,21H2,1H3/b28-20+. The number of ether oxygens (including phenoxy) is 2. The maximum atomic E-state index is 13.3. The first-order valence-corrected chi connectivity index (χ1v) is 13.3. The lowest BCUT2D eigenvalue weighted by atomic mass is 10.1. The van der Waals surface area contributed by atoms with Crippen LogP contribution in [0.1, 0.15) is 5.56 Å². The monoisotopic (exact) mass is 552 g/mol. The molecule has 0 atom stereocenters. The second-order valence-corrected chi connectivity index (χ2v) is 10.1. The van der Waals surface area contributed by atoms with Crippen LogP contribution in [0.25, 0.3) is 6.08 Å². The number of thiocarbonyl (C=S) groups is 1. The predicted molar refractivity (Wildman–Crippen MR) is 161 cm³/mol.